The Hall–Kier alpha value is -2.73. The van der Waals surface area contributed by atoms with Crippen LogP contribution in [0.15, 0.2) is 30.6 Å². The van der Waals surface area contributed by atoms with Crippen molar-refractivity contribution in [1.29, 1.82) is 0 Å². The maximum atomic E-state index is 12.0. The molecule has 1 fully saturated rings. The number of halogens is 1. The number of rotatable bonds is 6. The normalized spacial score (nSPS) is 14.1. The topological polar surface area (TPSA) is 69.9 Å². The van der Waals surface area contributed by atoms with E-state index in [1.54, 1.807) is 13.1 Å². The molecular formula is C21H21ClN4O2. The van der Waals surface area contributed by atoms with E-state index < -0.39 is 0 Å². The van der Waals surface area contributed by atoms with Crippen LogP contribution < -0.4 is 0 Å². The zero-order chi connectivity index (χ0) is 19.7. The summed E-state index contributed by atoms with van der Waals surface area (Å²) < 4.78 is 6.95. The molecule has 3 aromatic heterocycles. The zero-order valence-corrected chi connectivity index (χ0v) is 16.6. The standard InChI is InChI=1S/C21H21ClN4O2/c1-3-26-21-16(12-24-26)19(14-9-10-23-17(22)11-14)15(7-8-18(27)28-4-2)20(25-21)13-5-6-13/h7-13H,3-6H2,1-2H3/b8-7+. The lowest BCUT2D eigenvalue weighted by molar-refractivity contribution is -0.137. The summed E-state index contributed by atoms with van der Waals surface area (Å²) in [5.41, 5.74) is 4.65. The fourth-order valence-electron chi connectivity index (χ4n) is 3.40. The summed E-state index contributed by atoms with van der Waals surface area (Å²) in [6.45, 7) is 4.90. The van der Waals surface area contributed by atoms with E-state index >= 15 is 0 Å². The Kier molecular flexibility index (Phi) is 5.13. The van der Waals surface area contributed by atoms with Crippen LogP contribution in [-0.4, -0.2) is 32.3 Å². The number of nitrogens with zero attached hydrogens (tertiary/aromatic N) is 4. The van der Waals surface area contributed by atoms with Crippen LogP contribution >= 0.6 is 11.6 Å². The molecule has 3 aromatic rings. The van der Waals surface area contributed by atoms with Crippen LogP contribution in [-0.2, 0) is 16.1 Å². The van der Waals surface area contributed by atoms with Gasteiger partial charge in [0.15, 0.2) is 5.65 Å². The summed E-state index contributed by atoms with van der Waals surface area (Å²) in [7, 11) is 0. The van der Waals surface area contributed by atoms with Gasteiger partial charge in [0.25, 0.3) is 0 Å². The SMILES string of the molecule is CCOC(=O)/C=C/c1c(C2CC2)nc2c(cnn2CC)c1-c1ccnc(Cl)c1. The molecule has 0 spiro atoms. The third kappa shape index (κ3) is 3.52. The van der Waals surface area contributed by atoms with E-state index in [1.807, 2.05) is 36.0 Å². The van der Waals surface area contributed by atoms with Gasteiger partial charge in [-0.3, -0.25) is 0 Å². The van der Waals surface area contributed by atoms with Gasteiger partial charge in [-0.15, -0.1) is 0 Å². The van der Waals surface area contributed by atoms with Gasteiger partial charge in [-0.05, 0) is 50.5 Å². The Morgan fingerprint density at radius 3 is 2.89 bits per heavy atom. The highest BCUT2D eigenvalue weighted by Crippen LogP contribution is 2.45. The second-order valence-electron chi connectivity index (χ2n) is 6.71. The van der Waals surface area contributed by atoms with Crippen LogP contribution in [0, 0.1) is 0 Å². The molecular weight excluding hydrogens is 376 g/mol. The number of aryl methyl sites for hydroxylation is 1. The number of pyridine rings is 2. The van der Waals surface area contributed by atoms with Gasteiger partial charge in [0, 0.05) is 41.2 Å². The van der Waals surface area contributed by atoms with E-state index in [4.69, 9.17) is 21.3 Å². The predicted octanol–water partition coefficient (Wildman–Crippen LogP) is 4.62. The fourth-order valence-corrected chi connectivity index (χ4v) is 3.57. The van der Waals surface area contributed by atoms with Gasteiger partial charge >= 0.3 is 5.97 Å². The number of fused-ring (bicyclic) bond motifs is 1. The van der Waals surface area contributed by atoms with Gasteiger partial charge in [0.2, 0.25) is 0 Å². The van der Waals surface area contributed by atoms with Crippen molar-refractivity contribution in [1.82, 2.24) is 19.7 Å². The number of hydrogen-bond donors (Lipinski definition) is 0. The largest absolute Gasteiger partial charge is 0.463 e. The van der Waals surface area contributed by atoms with Gasteiger partial charge in [-0.1, -0.05) is 11.6 Å². The summed E-state index contributed by atoms with van der Waals surface area (Å²) in [4.78, 5) is 21.0. The summed E-state index contributed by atoms with van der Waals surface area (Å²) in [5.74, 6) is 0.0230. The van der Waals surface area contributed by atoms with Crippen LogP contribution in [0.1, 0.15) is 43.9 Å². The third-order valence-electron chi connectivity index (χ3n) is 4.80. The van der Waals surface area contributed by atoms with Crippen LogP contribution in [0.5, 0.6) is 0 Å². The molecule has 1 saturated carbocycles. The minimum Gasteiger partial charge on any atom is -0.463 e. The van der Waals surface area contributed by atoms with Crippen molar-refractivity contribution < 1.29 is 9.53 Å². The number of ether oxygens (including phenoxy) is 1. The van der Waals surface area contributed by atoms with E-state index in [1.165, 1.54) is 6.08 Å². The van der Waals surface area contributed by atoms with E-state index in [2.05, 4.69) is 10.1 Å². The van der Waals surface area contributed by atoms with Gasteiger partial charge in [0.05, 0.1) is 18.5 Å². The van der Waals surface area contributed by atoms with E-state index in [-0.39, 0.29) is 5.97 Å². The van der Waals surface area contributed by atoms with Gasteiger partial charge < -0.3 is 4.74 Å². The molecule has 6 nitrogen and oxygen atoms in total. The fraction of sp³-hybridized carbons (Fsp3) is 0.333. The molecule has 0 aromatic carbocycles. The van der Waals surface area contributed by atoms with Gasteiger partial charge in [0.1, 0.15) is 5.15 Å². The molecule has 1 aliphatic rings. The molecule has 0 N–H and O–H groups in total. The Morgan fingerprint density at radius 1 is 1.39 bits per heavy atom. The molecule has 7 heteroatoms. The molecule has 0 aliphatic heterocycles. The molecule has 0 amide bonds. The Morgan fingerprint density at radius 2 is 2.21 bits per heavy atom. The van der Waals surface area contributed by atoms with Gasteiger partial charge in [-0.2, -0.15) is 5.10 Å². The van der Waals surface area contributed by atoms with Crippen LogP contribution in [0.2, 0.25) is 5.15 Å². The highest BCUT2D eigenvalue weighted by Gasteiger charge is 2.30. The maximum Gasteiger partial charge on any atom is 0.330 e. The molecule has 28 heavy (non-hydrogen) atoms. The van der Waals surface area contributed by atoms with E-state index in [9.17, 15) is 4.79 Å². The summed E-state index contributed by atoms with van der Waals surface area (Å²) in [5, 5.41) is 5.84. The molecule has 1 aliphatic carbocycles. The first-order valence-electron chi connectivity index (χ1n) is 9.48. The molecule has 0 atom stereocenters. The van der Waals surface area contributed by atoms with Crippen molar-refractivity contribution in [3.8, 4) is 11.1 Å². The van der Waals surface area contributed by atoms with Crippen molar-refractivity contribution in [2.24, 2.45) is 0 Å². The lowest BCUT2D eigenvalue weighted by Gasteiger charge is -2.14. The average Bonchev–Trinajstić information content (AvgIpc) is 3.45. The second kappa shape index (κ2) is 7.72. The quantitative estimate of drug-likeness (QED) is 0.345. The molecule has 0 unspecified atom stereocenters. The highest BCUT2D eigenvalue weighted by atomic mass is 35.5. The Balaban J connectivity index is 2.00. The Labute approximate surface area is 168 Å². The van der Waals surface area contributed by atoms with Crippen molar-refractivity contribution in [3.05, 3.63) is 47.0 Å². The molecule has 0 saturated heterocycles. The lowest BCUT2D eigenvalue weighted by Crippen LogP contribution is -2.03. The first-order chi connectivity index (χ1) is 13.6. The van der Waals surface area contributed by atoms with Crippen molar-refractivity contribution in [2.75, 3.05) is 6.61 Å². The minimum atomic E-state index is -0.368. The van der Waals surface area contributed by atoms with Crippen LogP contribution in [0.25, 0.3) is 28.2 Å². The zero-order valence-electron chi connectivity index (χ0n) is 15.9. The Bertz CT molecular complexity index is 1070. The number of carbonyl (C=O) groups excluding carboxylic acids is 1. The number of carbonyl (C=O) groups is 1. The summed E-state index contributed by atoms with van der Waals surface area (Å²) >= 11 is 6.17. The predicted molar refractivity (Wildman–Crippen MR) is 109 cm³/mol. The number of hydrogen-bond acceptors (Lipinski definition) is 5. The van der Waals surface area contributed by atoms with Crippen molar-refractivity contribution in [3.63, 3.8) is 0 Å². The summed E-state index contributed by atoms with van der Waals surface area (Å²) in [6.07, 6.45) is 8.97. The molecule has 0 bridgehead atoms. The maximum absolute atomic E-state index is 12.0. The van der Waals surface area contributed by atoms with Crippen LogP contribution in [0.4, 0.5) is 0 Å². The van der Waals surface area contributed by atoms with Crippen LogP contribution in [0.3, 0.4) is 0 Å². The molecule has 4 rings (SSSR count). The van der Waals surface area contributed by atoms with E-state index in [0.717, 1.165) is 52.8 Å². The second-order valence-corrected chi connectivity index (χ2v) is 7.10. The lowest BCUT2D eigenvalue weighted by atomic mass is 9.95. The third-order valence-corrected chi connectivity index (χ3v) is 5.01. The monoisotopic (exact) mass is 396 g/mol. The first kappa shape index (κ1) is 18.6. The first-order valence-corrected chi connectivity index (χ1v) is 9.86. The average molecular weight is 397 g/mol. The number of aromatic nitrogens is 4. The molecule has 3 heterocycles. The molecule has 0 radical (unpaired) electrons. The minimum absolute atomic E-state index is 0.339. The summed E-state index contributed by atoms with van der Waals surface area (Å²) in [6, 6.07) is 3.75. The van der Waals surface area contributed by atoms with Crippen molar-refractivity contribution >= 4 is 34.7 Å². The van der Waals surface area contributed by atoms with E-state index in [0.29, 0.717) is 17.7 Å². The highest BCUT2D eigenvalue weighted by molar-refractivity contribution is 6.29. The number of esters is 1. The smallest absolute Gasteiger partial charge is 0.330 e. The van der Waals surface area contributed by atoms with Gasteiger partial charge in [-0.25, -0.2) is 19.4 Å². The van der Waals surface area contributed by atoms with Crippen molar-refractivity contribution in [2.45, 2.75) is 39.2 Å². The molecule has 144 valence electrons.